The van der Waals surface area contributed by atoms with Crippen LogP contribution in [0.4, 0.5) is 17.6 Å². The Bertz CT molecular complexity index is 1150. The number of allylic oxidation sites excluding steroid dienone is 2. The fourth-order valence-electron chi connectivity index (χ4n) is 2.52. The summed E-state index contributed by atoms with van der Waals surface area (Å²) in [6.07, 6.45) is 1.08. The summed E-state index contributed by atoms with van der Waals surface area (Å²) < 4.78 is 61.9. The first-order valence-electron chi connectivity index (χ1n) is 8.07. The average Bonchev–Trinajstić information content (AvgIpc) is 3.08. The number of hydrogen-bond acceptors (Lipinski definition) is 3. The molecule has 0 saturated heterocycles. The monoisotopic (exact) mass is 390 g/mol. The smallest absolute Gasteiger partial charge is 0.255 e. The first-order chi connectivity index (χ1) is 13.2. The maximum atomic E-state index is 14.3. The Hall–Kier alpha value is -3.42. The zero-order chi connectivity index (χ0) is 20.6. The molecular weight excluding hydrogens is 376 g/mol. The van der Waals surface area contributed by atoms with E-state index in [0.717, 1.165) is 42.0 Å². The molecule has 0 aliphatic carbocycles. The minimum absolute atomic E-state index is 0.0452. The van der Waals surface area contributed by atoms with Crippen LogP contribution in [0.5, 0.6) is 0 Å². The van der Waals surface area contributed by atoms with Crippen LogP contribution in [0, 0.1) is 11.6 Å². The van der Waals surface area contributed by atoms with E-state index >= 15 is 0 Å². The number of para-hydroxylation sites is 1. The van der Waals surface area contributed by atoms with Crippen molar-refractivity contribution in [2.45, 2.75) is 13.8 Å². The maximum Gasteiger partial charge on any atom is 0.255 e. The Morgan fingerprint density at radius 2 is 1.75 bits per heavy atom. The normalized spacial score (nSPS) is 12.1. The molecule has 0 bridgehead atoms. The summed E-state index contributed by atoms with van der Waals surface area (Å²) in [6, 6.07) is 5.44. The summed E-state index contributed by atoms with van der Waals surface area (Å²) >= 11 is 0. The molecule has 1 aromatic carbocycles. The second kappa shape index (κ2) is 7.30. The van der Waals surface area contributed by atoms with Crippen molar-refractivity contribution in [2.75, 3.05) is 0 Å². The molecule has 144 valence electrons. The van der Waals surface area contributed by atoms with Crippen LogP contribution in [0.1, 0.15) is 25.5 Å². The highest BCUT2D eigenvalue weighted by molar-refractivity contribution is 5.74. The first kappa shape index (κ1) is 19.3. The van der Waals surface area contributed by atoms with Crippen LogP contribution in [-0.2, 0) is 0 Å². The lowest BCUT2D eigenvalue weighted by molar-refractivity contribution is 0.501. The molecule has 8 heteroatoms. The lowest BCUT2D eigenvalue weighted by Crippen LogP contribution is -2.19. The molecule has 0 radical (unpaired) electrons. The number of oxazole rings is 1. The van der Waals surface area contributed by atoms with E-state index in [4.69, 9.17) is 4.42 Å². The second-order valence-electron chi connectivity index (χ2n) is 6.02. The largest absolute Gasteiger partial charge is 0.433 e. The molecule has 28 heavy (non-hydrogen) atoms. The van der Waals surface area contributed by atoms with Crippen molar-refractivity contribution in [3.05, 3.63) is 82.6 Å². The van der Waals surface area contributed by atoms with Gasteiger partial charge in [-0.3, -0.25) is 9.36 Å². The molecule has 0 fully saturated rings. The van der Waals surface area contributed by atoms with Crippen molar-refractivity contribution in [1.29, 1.82) is 0 Å². The predicted octanol–water partition coefficient (Wildman–Crippen LogP) is 5.43. The fraction of sp³-hybridized carbons (Fsp3) is 0.100. The number of hydrogen-bond donors (Lipinski definition) is 0. The maximum absolute atomic E-state index is 14.3. The molecule has 0 unspecified atom stereocenters. The SMILES string of the molecule is C=C(C)c1nc(-c2ccc(=O)n(-c3c(F)cccc3F)c2)c(/C(F)=C(/C)F)o1. The van der Waals surface area contributed by atoms with Crippen LogP contribution >= 0.6 is 0 Å². The molecule has 0 amide bonds. The van der Waals surface area contributed by atoms with Crippen LogP contribution in [0.25, 0.3) is 28.3 Å². The number of benzene rings is 1. The summed E-state index contributed by atoms with van der Waals surface area (Å²) in [5.41, 5.74) is -1.03. The van der Waals surface area contributed by atoms with Gasteiger partial charge in [-0.1, -0.05) is 12.6 Å². The standard InChI is InChI=1S/C20H14F4N2O2/c1-10(2)20-25-17(19(28-20)16(24)11(3)21)12-7-8-15(27)26(9-12)18-13(22)5-4-6-14(18)23/h4-9H,1H2,2-3H3/b16-11+. The highest BCUT2D eigenvalue weighted by atomic mass is 19.2. The molecule has 2 heterocycles. The van der Waals surface area contributed by atoms with E-state index in [1.807, 2.05) is 0 Å². The van der Waals surface area contributed by atoms with Gasteiger partial charge in [-0.25, -0.2) is 18.2 Å². The minimum Gasteiger partial charge on any atom is -0.433 e. The molecule has 2 aromatic heterocycles. The highest BCUT2D eigenvalue weighted by Gasteiger charge is 2.23. The minimum atomic E-state index is -1.29. The van der Waals surface area contributed by atoms with E-state index in [0.29, 0.717) is 5.57 Å². The molecule has 3 aromatic rings. The number of pyridine rings is 1. The summed E-state index contributed by atoms with van der Waals surface area (Å²) in [5.74, 6) is -4.92. The van der Waals surface area contributed by atoms with Gasteiger partial charge in [-0.2, -0.15) is 4.39 Å². The molecule has 0 spiro atoms. The van der Waals surface area contributed by atoms with E-state index in [2.05, 4.69) is 11.6 Å². The van der Waals surface area contributed by atoms with Gasteiger partial charge in [0.1, 0.15) is 28.8 Å². The molecule has 0 atom stereocenters. The molecule has 0 aliphatic heterocycles. The first-order valence-corrected chi connectivity index (χ1v) is 8.07. The summed E-state index contributed by atoms with van der Waals surface area (Å²) in [7, 11) is 0. The summed E-state index contributed by atoms with van der Waals surface area (Å²) in [6.45, 7) is 6.09. The number of rotatable bonds is 4. The summed E-state index contributed by atoms with van der Waals surface area (Å²) in [4.78, 5) is 16.3. The Morgan fingerprint density at radius 1 is 1.11 bits per heavy atom. The zero-order valence-corrected chi connectivity index (χ0v) is 14.9. The van der Waals surface area contributed by atoms with E-state index in [-0.39, 0.29) is 17.1 Å². The topological polar surface area (TPSA) is 48.0 Å². The van der Waals surface area contributed by atoms with E-state index in [1.165, 1.54) is 6.07 Å². The van der Waals surface area contributed by atoms with Crippen LogP contribution in [0.15, 0.2) is 58.1 Å². The zero-order valence-electron chi connectivity index (χ0n) is 14.9. The molecule has 0 aliphatic rings. The van der Waals surface area contributed by atoms with Crippen molar-refractivity contribution in [2.24, 2.45) is 0 Å². The number of nitrogens with zero attached hydrogens (tertiary/aromatic N) is 2. The van der Waals surface area contributed by atoms with Gasteiger partial charge in [-0.15, -0.1) is 0 Å². The van der Waals surface area contributed by atoms with Gasteiger partial charge in [0.2, 0.25) is 5.89 Å². The van der Waals surface area contributed by atoms with Crippen molar-refractivity contribution >= 4 is 11.4 Å². The Morgan fingerprint density at radius 3 is 2.32 bits per heavy atom. The average molecular weight is 390 g/mol. The van der Waals surface area contributed by atoms with Gasteiger partial charge in [0.25, 0.3) is 5.56 Å². The second-order valence-corrected chi connectivity index (χ2v) is 6.02. The van der Waals surface area contributed by atoms with Crippen molar-refractivity contribution in [3.8, 4) is 16.9 Å². The third kappa shape index (κ3) is 3.40. The highest BCUT2D eigenvalue weighted by Crippen LogP contribution is 2.34. The Balaban J connectivity index is 2.29. The van der Waals surface area contributed by atoms with E-state index < -0.39 is 40.3 Å². The van der Waals surface area contributed by atoms with Crippen LogP contribution in [0.3, 0.4) is 0 Å². The van der Waals surface area contributed by atoms with Crippen LogP contribution < -0.4 is 5.56 Å². The quantitative estimate of drug-likeness (QED) is 0.558. The summed E-state index contributed by atoms with van der Waals surface area (Å²) in [5, 5.41) is 0. The van der Waals surface area contributed by atoms with Crippen molar-refractivity contribution in [3.63, 3.8) is 0 Å². The lowest BCUT2D eigenvalue weighted by Gasteiger charge is -2.09. The lowest BCUT2D eigenvalue weighted by atomic mass is 10.1. The van der Waals surface area contributed by atoms with E-state index in [1.54, 1.807) is 6.92 Å². The van der Waals surface area contributed by atoms with Gasteiger partial charge in [-0.05, 0) is 32.0 Å². The fourth-order valence-corrected chi connectivity index (χ4v) is 2.52. The number of halogens is 4. The van der Waals surface area contributed by atoms with E-state index in [9.17, 15) is 22.4 Å². The number of aromatic nitrogens is 2. The van der Waals surface area contributed by atoms with Gasteiger partial charge in [0.15, 0.2) is 11.6 Å². The molecule has 0 saturated carbocycles. The van der Waals surface area contributed by atoms with Crippen LogP contribution in [0.2, 0.25) is 0 Å². The van der Waals surface area contributed by atoms with Gasteiger partial charge < -0.3 is 4.42 Å². The predicted molar refractivity (Wildman–Crippen MR) is 97.0 cm³/mol. The van der Waals surface area contributed by atoms with Crippen molar-refractivity contribution in [1.82, 2.24) is 9.55 Å². The molecule has 0 N–H and O–H groups in total. The molecule has 4 nitrogen and oxygen atoms in total. The van der Waals surface area contributed by atoms with Crippen molar-refractivity contribution < 1.29 is 22.0 Å². The molecular formula is C20H14F4N2O2. The van der Waals surface area contributed by atoms with Crippen LogP contribution in [-0.4, -0.2) is 9.55 Å². The van der Waals surface area contributed by atoms with Gasteiger partial charge >= 0.3 is 0 Å². The van der Waals surface area contributed by atoms with Gasteiger partial charge in [0.05, 0.1) is 0 Å². The van der Waals surface area contributed by atoms with Gasteiger partial charge in [0, 0.05) is 23.4 Å². The Labute approximate surface area is 157 Å². The Kier molecular flexibility index (Phi) is 5.04. The third-order valence-corrected chi connectivity index (χ3v) is 3.86. The third-order valence-electron chi connectivity index (χ3n) is 3.86. The molecule has 3 rings (SSSR count).